The van der Waals surface area contributed by atoms with Gasteiger partial charge in [-0.3, -0.25) is 4.79 Å². The molecule has 0 saturated carbocycles. The maximum absolute atomic E-state index is 13.1. The fourth-order valence-electron chi connectivity index (χ4n) is 2.86. The molecular weight excluding hydrogens is 358 g/mol. The zero-order chi connectivity index (χ0) is 17.9. The fourth-order valence-corrected chi connectivity index (χ4v) is 5.60. The molecule has 2 aromatic rings. The van der Waals surface area contributed by atoms with Gasteiger partial charge in [-0.25, -0.2) is 8.42 Å². The van der Waals surface area contributed by atoms with Crippen molar-refractivity contribution < 1.29 is 13.2 Å². The van der Waals surface area contributed by atoms with E-state index < -0.39 is 10.0 Å². The van der Waals surface area contributed by atoms with Crippen molar-refractivity contribution in [2.24, 2.45) is 0 Å². The Kier molecular flexibility index (Phi) is 5.53. The van der Waals surface area contributed by atoms with Crippen LogP contribution in [0.5, 0.6) is 0 Å². The minimum absolute atomic E-state index is 0.0961. The summed E-state index contributed by atoms with van der Waals surface area (Å²) in [5.74, 6) is -0.346. The number of carbonyl (C=O) groups excluding carboxylic acids is 1. The molecule has 6 nitrogen and oxygen atoms in total. The Morgan fingerprint density at radius 1 is 1.20 bits per heavy atom. The molecule has 0 spiro atoms. The Morgan fingerprint density at radius 2 is 1.96 bits per heavy atom. The number of fused-ring (bicyclic) bond motifs is 1. The van der Waals surface area contributed by atoms with Crippen LogP contribution in [0.1, 0.15) is 20.8 Å². The van der Waals surface area contributed by atoms with Crippen LogP contribution in [0.25, 0.3) is 0 Å². The molecule has 2 heterocycles. The van der Waals surface area contributed by atoms with E-state index in [-0.39, 0.29) is 15.7 Å². The molecule has 1 amide bonds. The van der Waals surface area contributed by atoms with Gasteiger partial charge in [0, 0.05) is 26.2 Å². The molecule has 2 N–H and O–H groups in total. The van der Waals surface area contributed by atoms with E-state index >= 15 is 0 Å². The van der Waals surface area contributed by atoms with Gasteiger partial charge in [-0.05, 0) is 36.0 Å². The first-order valence-electron chi connectivity index (χ1n) is 8.11. The van der Waals surface area contributed by atoms with E-state index in [1.165, 1.54) is 15.9 Å². The van der Waals surface area contributed by atoms with Crippen LogP contribution in [0.3, 0.4) is 0 Å². The molecule has 0 fully saturated rings. The first-order valence-corrected chi connectivity index (χ1v) is 10.4. The van der Waals surface area contributed by atoms with Crippen LogP contribution in [0.4, 0.5) is 0 Å². The van der Waals surface area contributed by atoms with E-state index in [4.69, 9.17) is 0 Å². The molecule has 134 valence electrons. The van der Waals surface area contributed by atoms with Gasteiger partial charge in [0.15, 0.2) is 0 Å². The van der Waals surface area contributed by atoms with Crippen LogP contribution in [-0.4, -0.2) is 45.3 Å². The summed E-state index contributed by atoms with van der Waals surface area (Å²) in [6.07, 6.45) is 0.684. The topological polar surface area (TPSA) is 78.5 Å². The van der Waals surface area contributed by atoms with Crippen LogP contribution in [0.2, 0.25) is 0 Å². The van der Waals surface area contributed by atoms with Gasteiger partial charge in [0.2, 0.25) is 10.0 Å². The molecule has 0 unspecified atom stereocenters. The standard InChI is InChI=1S/C17H21N3O3S2/c1-18-8-9-19-17(21)16-15(7-11-24-16)25(22,23)20-10-6-13-4-2-3-5-14(13)12-20/h2-5,7,11,18H,6,8-10,12H2,1H3,(H,19,21). The van der Waals surface area contributed by atoms with Gasteiger partial charge in [0.1, 0.15) is 9.77 Å². The summed E-state index contributed by atoms with van der Waals surface area (Å²) in [5, 5.41) is 7.33. The van der Waals surface area contributed by atoms with E-state index in [0.717, 1.165) is 16.9 Å². The highest BCUT2D eigenvalue weighted by molar-refractivity contribution is 7.89. The van der Waals surface area contributed by atoms with E-state index in [1.54, 1.807) is 12.4 Å². The smallest absolute Gasteiger partial charge is 0.262 e. The SMILES string of the molecule is CNCCNC(=O)c1sccc1S(=O)(=O)N1CCc2ccccc2C1. The summed E-state index contributed by atoms with van der Waals surface area (Å²) in [6, 6.07) is 9.39. The number of sulfonamides is 1. The van der Waals surface area contributed by atoms with Crippen molar-refractivity contribution in [1.82, 2.24) is 14.9 Å². The number of rotatable bonds is 6. The highest BCUT2D eigenvalue weighted by atomic mass is 32.2. The number of benzene rings is 1. The van der Waals surface area contributed by atoms with Crippen molar-refractivity contribution in [3.63, 3.8) is 0 Å². The summed E-state index contributed by atoms with van der Waals surface area (Å²) in [4.78, 5) is 12.7. The molecule has 8 heteroatoms. The third-order valence-electron chi connectivity index (χ3n) is 4.21. The van der Waals surface area contributed by atoms with Gasteiger partial charge < -0.3 is 10.6 Å². The van der Waals surface area contributed by atoms with Crippen molar-refractivity contribution in [2.45, 2.75) is 17.9 Å². The average Bonchev–Trinajstić information content (AvgIpc) is 3.12. The first-order chi connectivity index (χ1) is 12.0. The van der Waals surface area contributed by atoms with E-state index in [1.807, 2.05) is 24.3 Å². The normalized spacial score (nSPS) is 14.9. The summed E-state index contributed by atoms with van der Waals surface area (Å²) < 4.78 is 27.6. The minimum atomic E-state index is -3.70. The molecule has 0 bridgehead atoms. The maximum Gasteiger partial charge on any atom is 0.262 e. The zero-order valence-electron chi connectivity index (χ0n) is 14.0. The molecule has 1 aliphatic heterocycles. The number of amides is 1. The van der Waals surface area contributed by atoms with E-state index in [2.05, 4.69) is 10.6 Å². The Labute approximate surface area is 151 Å². The second-order valence-electron chi connectivity index (χ2n) is 5.83. The average molecular weight is 380 g/mol. The predicted molar refractivity (Wildman–Crippen MR) is 98.3 cm³/mol. The van der Waals surface area contributed by atoms with Crippen molar-refractivity contribution in [2.75, 3.05) is 26.7 Å². The summed E-state index contributed by atoms with van der Waals surface area (Å²) >= 11 is 1.15. The Morgan fingerprint density at radius 3 is 2.72 bits per heavy atom. The predicted octanol–water partition coefficient (Wildman–Crippen LogP) is 1.44. The molecule has 0 saturated heterocycles. The Bertz CT molecular complexity index is 862. The highest BCUT2D eigenvalue weighted by Gasteiger charge is 2.32. The number of hydrogen-bond donors (Lipinski definition) is 2. The molecular formula is C17H21N3O3S2. The third-order valence-corrected chi connectivity index (χ3v) is 7.14. The molecule has 1 aliphatic rings. The number of likely N-dealkylation sites (N-methyl/N-ethyl adjacent to an activating group) is 1. The molecule has 0 atom stereocenters. The largest absolute Gasteiger partial charge is 0.350 e. The van der Waals surface area contributed by atoms with Gasteiger partial charge in [0.05, 0.1) is 0 Å². The lowest BCUT2D eigenvalue weighted by molar-refractivity contribution is 0.0955. The molecule has 25 heavy (non-hydrogen) atoms. The number of hydrogen-bond acceptors (Lipinski definition) is 5. The quantitative estimate of drug-likeness (QED) is 0.745. The zero-order valence-corrected chi connectivity index (χ0v) is 15.6. The second-order valence-corrected chi connectivity index (χ2v) is 8.65. The molecule has 0 radical (unpaired) electrons. The van der Waals surface area contributed by atoms with Gasteiger partial charge in [-0.15, -0.1) is 11.3 Å². The molecule has 0 aliphatic carbocycles. The highest BCUT2D eigenvalue weighted by Crippen LogP contribution is 2.29. The molecule has 1 aromatic heterocycles. The van der Waals surface area contributed by atoms with Crippen LogP contribution < -0.4 is 10.6 Å². The fraction of sp³-hybridized carbons (Fsp3) is 0.353. The third kappa shape index (κ3) is 3.77. The van der Waals surface area contributed by atoms with E-state index in [0.29, 0.717) is 32.6 Å². The lowest BCUT2D eigenvalue weighted by Gasteiger charge is -2.28. The van der Waals surface area contributed by atoms with E-state index in [9.17, 15) is 13.2 Å². The molecule has 3 rings (SSSR count). The van der Waals surface area contributed by atoms with Crippen LogP contribution in [0, 0.1) is 0 Å². The first kappa shape index (κ1) is 18.1. The lowest BCUT2D eigenvalue weighted by Crippen LogP contribution is -2.37. The summed E-state index contributed by atoms with van der Waals surface area (Å²) in [5.41, 5.74) is 2.21. The van der Waals surface area contributed by atoms with Gasteiger partial charge in [0.25, 0.3) is 5.91 Å². The van der Waals surface area contributed by atoms with Crippen molar-refractivity contribution in [3.8, 4) is 0 Å². The van der Waals surface area contributed by atoms with Gasteiger partial charge in [-0.1, -0.05) is 24.3 Å². The summed E-state index contributed by atoms with van der Waals surface area (Å²) in [7, 11) is -1.91. The monoisotopic (exact) mass is 379 g/mol. The van der Waals surface area contributed by atoms with Crippen molar-refractivity contribution in [3.05, 3.63) is 51.7 Å². The Balaban J connectivity index is 1.82. The minimum Gasteiger partial charge on any atom is -0.350 e. The van der Waals surface area contributed by atoms with Gasteiger partial charge >= 0.3 is 0 Å². The maximum atomic E-state index is 13.1. The van der Waals surface area contributed by atoms with Crippen molar-refractivity contribution in [1.29, 1.82) is 0 Å². The molecule has 1 aromatic carbocycles. The lowest BCUT2D eigenvalue weighted by atomic mass is 10.0. The van der Waals surface area contributed by atoms with Crippen LogP contribution >= 0.6 is 11.3 Å². The second kappa shape index (κ2) is 7.65. The number of thiophene rings is 1. The van der Waals surface area contributed by atoms with Gasteiger partial charge in [-0.2, -0.15) is 4.31 Å². The number of nitrogens with zero attached hydrogens (tertiary/aromatic N) is 1. The van der Waals surface area contributed by atoms with Crippen molar-refractivity contribution >= 4 is 27.3 Å². The summed E-state index contributed by atoms with van der Waals surface area (Å²) in [6.45, 7) is 1.84. The number of carbonyl (C=O) groups is 1. The Hall–Kier alpha value is -1.74. The van der Waals surface area contributed by atoms with Crippen LogP contribution in [0.15, 0.2) is 40.6 Å². The van der Waals surface area contributed by atoms with Crippen LogP contribution in [-0.2, 0) is 23.0 Å². The number of nitrogens with one attached hydrogen (secondary N) is 2.